The van der Waals surface area contributed by atoms with Crippen molar-refractivity contribution in [2.24, 2.45) is 5.73 Å². The number of esters is 1. The van der Waals surface area contributed by atoms with Gasteiger partial charge in [-0.05, 0) is 26.0 Å². The molecule has 0 saturated carbocycles. The van der Waals surface area contributed by atoms with Crippen LogP contribution in [0.15, 0.2) is 45.5 Å². The third-order valence-corrected chi connectivity index (χ3v) is 3.04. The Hall–Kier alpha value is -2.68. The molecule has 0 amide bonds. The molecule has 2 heterocycles. The van der Waals surface area contributed by atoms with Crippen molar-refractivity contribution < 1.29 is 13.9 Å². The fourth-order valence-corrected chi connectivity index (χ4v) is 2.20. The molecule has 0 aromatic carbocycles. The number of nitrogens with two attached hydrogens (primary N) is 1. The smallest absolute Gasteiger partial charge is 0.336 e. The van der Waals surface area contributed by atoms with Gasteiger partial charge in [-0.2, -0.15) is 5.26 Å². The van der Waals surface area contributed by atoms with Gasteiger partial charge in [-0.3, -0.25) is 0 Å². The second kappa shape index (κ2) is 5.53. The van der Waals surface area contributed by atoms with Gasteiger partial charge in [-0.15, -0.1) is 0 Å². The number of nitrogens with zero attached hydrogens (tertiary/aromatic N) is 1. The third-order valence-electron chi connectivity index (χ3n) is 3.04. The minimum absolute atomic E-state index is 0.222. The summed E-state index contributed by atoms with van der Waals surface area (Å²) >= 11 is 0. The van der Waals surface area contributed by atoms with Gasteiger partial charge in [0.05, 0.1) is 36.0 Å². The zero-order chi connectivity index (χ0) is 14.7. The van der Waals surface area contributed by atoms with Crippen molar-refractivity contribution in [1.82, 2.24) is 5.32 Å². The van der Waals surface area contributed by atoms with Crippen molar-refractivity contribution >= 4 is 5.97 Å². The lowest BCUT2D eigenvalue weighted by molar-refractivity contribution is -0.138. The van der Waals surface area contributed by atoms with Gasteiger partial charge in [-0.1, -0.05) is 0 Å². The summed E-state index contributed by atoms with van der Waals surface area (Å²) in [6.07, 6.45) is 1.49. The maximum atomic E-state index is 12.1. The average Bonchev–Trinajstić information content (AvgIpc) is 2.91. The molecule has 0 bridgehead atoms. The Balaban J connectivity index is 2.55. The van der Waals surface area contributed by atoms with Crippen molar-refractivity contribution in [3.63, 3.8) is 0 Å². The van der Waals surface area contributed by atoms with Gasteiger partial charge in [0.25, 0.3) is 0 Å². The van der Waals surface area contributed by atoms with Gasteiger partial charge in [0, 0.05) is 5.70 Å². The van der Waals surface area contributed by atoms with E-state index in [-0.39, 0.29) is 18.0 Å². The second-order valence-electron chi connectivity index (χ2n) is 4.27. The van der Waals surface area contributed by atoms with E-state index >= 15 is 0 Å². The molecule has 1 atom stereocenters. The van der Waals surface area contributed by atoms with Gasteiger partial charge >= 0.3 is 5.97 Å². The van der Waals surface area contributed by atoms with Crippen molar-refractivity contribution in [2.75, 3.05) is 6.61 Å². The van der Waals surface area contributed by atoms with Gasteiger partial charge in [0.2, 0.25) is 0 Å². The van der Waals surface area contributed by atoms with Crippen molar-refractivity contribution in [2.45, 2.75) is 19.8 Å². The SMILES string of the molecule is CCOC(=O)C1=C(C)NC(N)=C(C#N)[C@H]1c1ccco1. The molecular formula is C14H15N3O3. The molecule has 2 rings (SSSR count). The fraction of sp³-hybridized carbons (Fsp3) is 0.286. The highest BCUT2D eigenvalue weighted by Crippen LogP contribution is 2.37. The lowest BCUT2D eigenvalue weighted by Crippen LogP contribution is -2.32. The van der Waals surface area contributed by atoms with E-state index in [0.717, 1.165) is 0 Å². The molecular weight excluding hydrogens is 258 g/mol. The average molecular weight is 273 g/mol. The van der Waals surface area contributed by atoms with Crippen LogP contribution in [0.3, 0.4) is 0 Å². The standard InChI is InChI=1S/C14H15N3O3/c1-3-19-14(18)11-8(2)17-13(16)9(7-15)12(11)10-5-4-6-20-10/h4-6,12,17H,3,16H2,1-2H3/t12-/m0/s1. The van der Waals surface area contributed by atoms with E-state index < -0.39 is 11.9 Å². The van der Waals surface area contributed by atoms with Crippen molar-refractivity contribution in [3.05, 3.63) is 46.8 Å². The summed E-state index contributed by atoms with van der Waals surface area (Å²) in [5.74, 6) is -0.428. The first kappa shape index (κ1) is 13.7. The number of rotatable bonds is 3. The molecule has 20 heavy (non-hydrogen) atoms. The molecule has 0 aliphatic carbocycles. The third kappa shape index (κ3) is 2.26. The maximum absolute atomic E-state index is 12.1. The number of allylic oxidation sites excluding steroid dienone is 2. The monoisotopic (exact) mass is 273 g/mol. The Labute approximate surface area is 116 Å². The largest absolute Gasteiger partial charge is 0.468 e. The van der Waals surface area contributed by atoms with Crippen LogP contribution in [0.1, 0.15) is 25.5 Å². The van der Waals surface area contributed by atoms with E-state index in [0.29, 0.717) is 17.0 Å². The Bertz CT molecular complexity index is 621. The minimum Gasteiger partial charge on any atom is -0.468 e. The lowest BCUT2D eigenvalue weighted by atomic mass is 9.85. The number of carbonyl (C=O) groups is 1. The highest BCUT2D eigenvalue weighted by molar-refractivity contribution is 5.92. The van der Waals surface area contributed by atoms with Crippen LogP contribution >= 0.6 is 0 Å². The zero-order valence-corrected chi connectivity index (χ0v) is 11.3. The van der Waals surface area contributed by atoms with Gasteiger partial charge in [0.1, 0.15) is 11.6 Å². The molecule has 1 aliphatic heterocycles. The normalized spacial score (nSPS) is 18.6. The predicted molar refractivity (Wildman–Crippen MR) is 70.7 cm³/mol. The van der Waals surface area contributed by atoms with Crippen LogP contribution in [0.5, 0.6) is 0 Å². The molecule has 1 aromatic heterocycles. The van der Waals surface area contributed by atoms with Gasteiger partial charge in [-0.25, -0.2) is 4.79 Å². The molecule has 0 fully saturated rings. The quantitative estimate of drug-likeness (QED) is 0.809. The number of furan rings is 1. The molecule has 6 heteroatoms. The number of carbonyl (C=O) groups excluding carboxylic acids is 1. The molecule has 104 valence electrons. The van der Waals surface area contributed by atoms with Gasteiger partial charge in [0.15, 0.2) is 0 Å². The Morgan fingerprint density at radius 1 is 1.65 bits per heavy atom. The predicted octanol–water partition coefficient (Wildman–Crippen LogP) is 1.50. The first-order chi connectivity index (χ1) is 9.60. The van der Waals surface area contributed by atoms with E-state index in [1.807, 2.05) is 6.07 Å². The van der Waals surface area contributed by atoms with Crippen LogP contribution in [0.2, 0.25) is 0 Å². The highest BCUT2D eigenvalue weighted by atomic mass is 16.5. The van der Waals surface area contributed by atoms with Crippen molar-refractivity contribution in [1.29, 1.82) is 5.26 Å². The maximum Gasteiger partial charge on any atom is 0.336 e. The van der Waals surface area contributed by atoms with Crippen LogP contribution in [0.25, 0.3) is 0 Å². The summed E-state index contributed by atoms with van der Waals surface area (Å²) < 4.78 is 10.4. The number of hydrogen-bond acceptors (Lipinski definition) is 6. The zero-order valence-electron chi connectivity index (χ0n) is 11.3. The summed E-state index contributed by atoms with van der Waals surface area (Å²) in [6, 6.07) is 5.43. The topological polar surface area (TPSA) is 101 Å². The molecule has 1 aliphatic rings. The van der Waals surface area contributed by atoms with E-state index in [2.05, 4.69) is 5.32 Å². The first-order valence-corrected chi connectivity index (χ1v) is 6.18. The van der Waals surface area contributed by atoms with Crippen molar-refractivity contribution in [3.8, 4) is 6.07 Å². The number of nitriles is 1. The van der Waals surface area contributed by atoms with Crippen LogP contribution in [-0.2, 0) is 9.53 Å². The Morgan fingerprint density at radius 2 is 2.40 bits per heavy atom. The summed E-state index contributed by atoms with van der Waals surface area (Å²) in [7, 11) is 0. The number of dihydropyridines is 1. The summed E-state index contributed by atoms with van der Waals surface area (Å²) in [6.45, 7) is 3.69. The molecule has 0 radical (unpaired) electrons. The summed E-state index contributed by atoms with van der Waals surface area (Å²) in [5.41, 5.74) is 6.97. The van der Waals surface area contributed by atoms with Gasteiger partial charge < -0.3 is 20.2 Å². The summed E-state index contributed by atoms with van der Waals surface area (Å²) in [4.78, 5) is 12.1. The number of hydrogen-bond donors (Lipinski definition) is 2. The van der Waals surface area contributed by atoms with E-state index in [9.17, 15) is 10.1 Å². The summed E-state index contributed by atoms with van der Waals surface area (Å²) in [5, 5.41) is 12.1. The van der Waals surface area contributed by atoms with E-state index in [1.165, 1.54) is 6.26 Å². The molecule has 0 unspecified atom stereocenters. The molecule has 0 saturated heterocycles. The van der Waals surface area contributed by atoms with Crippen LogP contribution in [-0.4, -0.2) is 12.6 Å². The number of ether oxygens (including phenoxy) is 1. The Kier molecular flexibility index (Phi) is 3.80. The van der Waals surface area contributed by atoms with E-state index in [1.54, 1.807) is 26.0 Å². The Morgan fingerprint density at radius 3 is 2.95 bits per heavy atom. The van der Waals surface area contributed by atoms with Crippen LogP contribution < -0.4 is 11.1 Å². The molecule has 1 aromatic rings. The number of nitrogens with one attached hydrogen (secondary N) is 1. The first-order valence-electron chi connectivity index (χ1n) is 6.18. The fourth-order valence-electron chi connectivity index (χ4n) is 2.20. The molecule has 0 spiro atoms. The van der Waals surface area contributed by atoms with Crippen LogP contribution in [0.4, 0.5) is 0 Å². The van der Waals surface area contributed by atoms with Crippen LogP contribution in [0, 0.1) is 11.3 Å². The highest BCUT2D eigenvalue weighted by Gasteiger charge is 2.36. The minimum atomic E-state index is -0.643. The van der Waals surface area contributed by atoms with E-state index in [4.69, 9.17) is 14.9 Å². The lowest BCUT2D eigenvalue weighted by Gasteiger charge is -2.26. The molecule has 6 nitrogen and oxygen atoms in total. The molecule has 3 N–H and O–H groups in total. The second-order valence-corrected chi connectivity index (χ2v) is 4.27.